The maximum Gasteiger partial charge on any atom is 0.272 e. The van der Waals surface area contributed by atoms with E-state index in [1.54, 1.807) is 27.8 Å². The molecule has 0 aromatic carbocycles. The molecule has 0 spiro atoms. The maximum atomic E-state index is 13.3. The lowest BCUT2D eigenvalue weighted by Gasteiger charge is -2.09. The Morgan fingerprint density at radius 3 is 2.59 bits per heavy atom. The molecule has 4 aromatic rings. The quantitative estimate of drug-likeness (QED) is 0.372. The van der Waals surface area contributed by atoms with Gasteiger partial charge in [0.1, 0.15) is 0 Å². The van der Waals surface area contributed by atoms with E-state index in [2.05, 4.69) is 32.7 Å². The van der Waals surface area contributed by atoms with E-state index in [1.165, 1.54) is 0 Å². The Hall–Kier alpha value is -3.82. The van der Waals surface area contributed by atoms with E-state index in [1.807, 2.05) is 45.6 Å². The van der Waals surface area contributed by atoms with Crippen molar-refractivity contribution in [2.75, 3.05) is 0 Å². The molecule has 4 rings (SSSR count). The van der Waals surface area contributed by atoms with Crippen molar-refractivity contribution < 1.29 is 4.79 Å². The number of rotatable bonds is 6. The van der Waals surface area contributed by atoms with Gasteiger partial charge in [-0.15, -0.1) is 0 Å². The van der Waals surface area contributed by atoms with Gasteiger partial charge in [0.25, 0.3) is 5.91 Å². The fourth-order valence-electron chi connectivity index (χ4n) is 3.77. The second-order valence-corrected chi connectivity index (χ2v) is 7.81. The summed E-state index contributed by atoms with van der Waals surface area (Å²) in [6, 6.07) is 3.64. The molecule has 1 amide bonds. The third-order valence-electron chi connectivity index (χ3n) is 5.59. The van der Waals surface area contributed by atoms with Gasteiger partial charge in [-0.3, -0.25) is 14.2 Å². The molecular weight excluding hydrogens is 406 g/mol. The van der Waals surface area contributed by atoms with Crippen LogP contribution < -0.4 is 5.43 Å². The lowest BCUT2D eigenvalue weighted by atomic mass is 10.1. The lowest BCUT2D eigenvalue weighted by Crippen LogP contribution is -2.21. The molecule has 0 bridgehead atoms. The van der Waals surface area contributed by atoms with Crippen LogP contribution in [0.1, 0.15) is 47.7 Å². The Balaban J connectivity index is 1.82. The maximum absolute atomic E-state index is 13.3. The van der Waals surface area contributed by atoms with Crippen LogP contribution in [0.4, 0.5) is 0 Å². The second kappa shape index (κ2) is 8.37. The zero-order chi connectivity index (χ0) is 23.0. The molecule has 32 heavy (non-hydrogen) atoms. The van der Waals surface area contributed by atoms with Crippen molar-refractivity contribution in [2.24, 2.45) is 19.2 Å². The number of aromatic nitrogens is 7. The number of nitrogens with zero attached hydrogens (tertiary/aromatic N) is 8. The van der Waals surface area contributed by atoms with Gasteiger partial charge in [-0.2, -0.15) is 20.4 Å². The zero-order valence-electron chi connectivity index (χ0n) is 19.2. The average molecular weight is 434 g/mol. The number of amides is 1. The Morgan fingerprint density at radius 1 is 1.19 bits per heavy atom. The SMILES string of the molecule is CCCn1nc(C)c2c(C(=O)N/N=C(/C)c3ccnn3C)cc(-c3cnn(C)c3C)nc21. The van der Waals surface area contributed by atoms with Crippen LogP contribution in [0.25, 0.3) is 22.3 Å². The van der Waals surface area contributed by atoms with Crippen LogP contribution in [-0.4, -0.2) is 45.9 Å². The van der Waals surface area contributed by atoms with Crippen molar-refractivity contribution >= 4 is 22.7 Å². The topological polar surface area (TPSA) is 108 Å². The average Bonchev–Trinajstić information content (AvgIpc) is 3.44. The Morgan fingerprint density at radius 2 is 1.97 bits per heavy atom. The third kappa shape index (κ3) is 3.68. The van der Waals surface area contributed by atoms with Gasteiger partial charge >= 0.3 is 0 Å². The van der Waals surface area contributed by atoms with E-state index in [0.29, 0.717) is 29.2 Å². The Bertz CT molecular complexity index is 1340. The van der Waals surface area contributed by atoms with E-state index in [-0.39, 0.29) is 5.91 Å². The van der Waals surface area contributed by atoms with Crippen LogP contribution in [0.3, 0.4) is 0 Å². The summed E-state index contributed by atoms with van der Waals surface area (Å²) in [5.74, 6) is -0.319. The van der Waals surface area contributed by atoms with E-state index < -0.39 is 0 Å². The zero-order valence-corrected chi connectivity index (χ0v) is 19.2. The van der Waals surface area contributed by atoms with Crippen LogP contribution in [0.15, 0.2) is 29.6 Å². The number of fused-ring (bicyclic) bond motifs is 1. The first-order chi connectivity index (χ1) is 15.3. The molecule has 0 radical (unpaired) electrons. The smallest absolute Gasteiger partial charge is 0.272 e. The van der Waals surface area contributed by atoms with Gasteiger partial charge in [0.2, 0.25) is 0 Å². The minimum atomic E-state index is -0.319. The lowest BCUT2D eigenvalue weighted by molar-refractivity contribution is 0.0956. The van der Waals surface area contributed by atoms with Crippen molar-refractivity contribution in [3.8, 4) is 11.3 Å². The van der Waals surface area contributed by atoms with Crippen molar-refractivity contribution in [1.82, 2.24) is 39.8 Å². The minimum Gasteiger partial charge on any atom is -0.272 e. The first kappa shape index (κ1) is 21.4. The molecule has 0 saturated heterocycles. The molecule has 0 aliphatic carbocycles. The van der Waals surface area contributed by atoms with Gasteiger partial charge in [-0.1, -0.05) is 6.92 Å². The molecular formula is C22H27N9O. The summed E-state index contributed by atoms with van der Waals surface area (Å²) in [5, 5.41) is 18.1. The summed E-state index contributed by atoms with van der Waals surface area (Å²) < 4.78 is 5.36. The van der Waals surface area contributed by atoms with E-state index in [0.717, 1.165) is 34.5 Å². The largest absolute Gasteiger partial charge is 0.272 e. The van der Waals surface area contributed by atoms with Gasteiger partial charge < -0.3 is 0 Å². The molecule has 0 fully saturated rings. The standard InChI is InChI=1S/C22H27N9O/c1-7-10-31-21-20(14(3)28-31)16(11-18(25-21)17-12-24-29(5)15(17)4)22(32)27-26-13(2)19-8-9-23-30(19)6/h8-9,11-12H,7,10H2,1-6H3,(H,27,32)/b26-13-. The summed E-state index contributed by atoms with van der Waals surface area (Å²) >= 11 is 0. The molecule has 10 nitrogen and oxygen atoms in total. The predicted molar refractivity (Wildman–Crippen MR) is 122 cm³/mol. The van der Waals surface area contributed by atoms with Crippen LogP contribution in [0.5, 0.6) is 0 Å². The van der Waals surface area contributed by atoms with Crippen LogP contribution in [0.2, 0.25) is 0 Å². The van der Waals surface area contributed by atoms with Gasteiger partial charge in [0.05, 0.1) is 39.9 Å². The first-order valence-electron chi connectivity index (χ1n) is 10.5. The van der Waals surface area contributed by atoms with Gasteiger partial charge in [0, 0.05) is 38.1 Å². The Labute approximate surface area is 185 Å². The molecule has 4 aromatic heterocycles. The first-order valence-corrected chi connectivity index (χ1v) is 10.5. The number of nitrogens with one attached hydrogen (secondary N) is 1. The van der Waals surface area contributed by atoms with Crippen molar-refractivity contribution in [3.63, 3.8) is 0 Å². The van der Waals surface area contributed by atoms with Gasteiger partial charge in [-0.25, -0.2) is 15.1 Å². The molecule has 0 atom stereocenters. The summed E-state index contributed by atoms with van der Waals surface area (Å²) in [6.45, 7) is 8.50. The van der Waals surface area contributed by atoms with Crippen LogP contribution in [0, 0.1) is 13.8 Å². The summed E-state index contributed by atoms with van der Waals surface area (Å²) in [7, 11) is 3.71. The fourth-order valence-corrected chi connectivity index (χ4v) is 3.77. The van der Waals surface area contributed by atoms with E-state index in [9.17, 15) is 4.79 Å². The van der Waals surface area contributed by atoms with Gasteiger partial charge in [-0.05, 0) is 39.3 Å². The number of carbonyl (C=O) groups excluding carboxylic acids is 1. The van der Waals surface area contributed by atoms with Crippen LogP contribution in [-0.2, 0) is 20.6 Å². The molecule has 0 aliphatic heterocycles. The van der Waals surface area contributed by atoms with E-state index >= 15 is 0 Å². The molecule has 0 aliphatic rings. The van der Waals surface area contributed by atoms with Crippen molar-refractivity contribution in [3.05, 3.63) is 47.2 Å². The number of hydrazone groups is 1. The summed E-state index contributed by atoms with van der Waals surface area (Å²) in [6.07, 6.45) is 4.36. The molecule has 0 unspecified atom stereocenters. The highest BCUT2D eigenvalue weighted by atomic mass is 16.2. The number of pyridine rings is 1. The summed E-state index contributed by atoms with van der Waals surface area (Å²) in [5.41, 5.74) is 8.62. The number of carbonyl (C=O) groups is 1. The highest BCUT2D eigenvalue weighted by Crippen LogP contribution is 2.28. The fraction of sp³-hybridized carbons (Fsp3) is 0.364. The predicted octanol–water partition coefficient (Wildman–Crippen LogP) is 2.75. The third-order valence-corrected chi connectivity index (χ3v) is 5.59. The second-order valence-electron chi connectivity index (χ2n) is 7.81. The van der Waals surface area contributed by atoms with Crippen molar-refractivity contribution in [1.29, 1.82) is 0 Å². The normalized spacial score (nSPS) is 12.0. The monoisotopic (exact) mass is 433 g/mol. The van der Waals surface area contributed by atoms with Crippen LogP contribution >= 0.6 is 0 Å². The summed E-state index contributed by atoms with van der Waals surface area (Å²) in [4.78, 5) is 18.2. The molecule has 1 N–H and O–H groups in total. The number of hydrogen-bond donors (Lipinski definition) is 1. The van der Waals surface area contributed by atoms with Crippen molar-refractivity contribution in [2.45, 2.75) is 40.7 Å². The molecule has 166 valence electrons. The number of aryl methyl sites for hydroxylation is 4. The molecule has 4 heterocycles. The highest BCUT2D eigenvalue weighted by Gasteiger charge is 2.21. The molecule has 0 saturated carbocycles. The Kier molecular flexibility index (Phi) is 5.60. The van der Waals surface area contributed by atoms with Gasteiger partial charge in [0.15, 0.2) is 5.65 Å². The molecule has 10 heteroatoms. The number of hydrogen-bond acceptors (Lipinski definition) is 6. The highest BCUT2D eigenvalue weighted by molar-refractivity contribution is 6.08. The minimum absolute atomic E-state index is 0.319. The van der Waals surface area contributed by atoms with E-state index in [4.69, 9.17) is 4.98 Å².